The van der Waals surface area contributed by atoms with E-state index in [4.69, 9.17) is 0 Å². The van der Waals surface area contributed by atoms with Crippen LogP contribution in [0.5, 0.6) is 0 Å². The molecule has 0 aliphatic heterocycles. The molecule has 0 heterocycles. The number of nitrogens with one attached hydrogen (secondary N) is 1. The molecular weight excluding hydrogens is 362 g/mol. The fourth-order valence-corrected chi connectivity index (χ4v) is 3.66. The van der Waals surface area contributed by atoms with Gasteiger partial charge in [-0.15, -0.1) is 0 Å². The van der Waals surface area contributed by atoms with Crippen LogP contribution in [0.3, 0.4) is 0 Å². The summed E-state index contributed by atoms with van der Waals surface area (Å²) in [5.74, 6) is -0.218. The number of rotatable bonds is 8. The highest BCUT2D eigenvalue weighted by Gasteiger charge is 2.17. The Bertz CT molecular complexity index is 878. The van der Waals surface area contributed by atoms with Crippen LogP contribution in [-0.2, 0) is 10.0 Å². The van der Waals surface area contributed by atoms with Gasteiger partial charge in [0, 0.05) is 45.0 Å². The number of carbonyl (C=O) groups is 1. The molecule has 6 nitrogen and oxygen atoms in total. The third-order valence-electron chi connectivity index (χ3n) is 4.40. The second-order valence-corrected chi connectivity index (χ2v) is 8.59. The summed E-state index contributed by atoms with van der Waals surface area (Å²) in [5, 5.41) is 2.89. The van der Waals surface area contributed by atoms with Gasteiger partial charge >= 0.3 is 0 Å². The summed E-state index contributed by atoms with van der Waals surface area (Å²) in [4.78, 5) is 14.7. The van der Waals surface area contributed by atoms with Gasteiger partial charge < -0.3 is 10.2 Å². The van der Waals surface area contributed by atoms with Gasteiger partial charge in [-0.25, -0.2) is 12.7 Å². The fourth-order valence-electron chi connectivity index (χ4n) is 2.76. The topological polar surface area (TPSA) is 69.7 Å². The number of likely N-dealkylation sites (N-methyl/N-ethyl adjacent to an activating group) is 1. The van der Waals surface area contributed by atoms with Gasteiger partial charge in [0.25, 0.3) is 5.91 Å². The first-order valence-electron chi connectivity index (χ1n) is 8.88. The number of carbonyl (C=O) groups excluding carboxylic acids is 1. The molecule has 2 aromatic carbocycles. The standard InChI is InChI=1S/C20H27N3O3S/c1-5-23(19-9-7-6-8-16(19)2)15-14-21-20(24)17-10-12-18(13-11-17)27(25,26)22(3)4/h6-13H,5,14-15H2,1-4H3,(H,21,24). The maximum Gasteiger partial charge on any atom is 0.251 e. The highest BCUT2D eigenvalue weighted by molar-refractivity contribution is 7.89. The monoisotopic (exact) mass is 389 g/mol. The lowest BCUT2D eigenvalue weighted by Gasteiger charge is -2.25. The van der Waals surface area contributed by atoms with Crippen LogP contribution in [0.1, 0.15) is 22.8 Å². The first-order valence-corrected chi connectivity index (χ1v) is 10.3. The van der Waals surface area contributed by atoms with E-state index in [-0.39, 0.29) is 10.8 Å². The number of hydrogen-bond acceptors (Lipinski definition) is 4. The lowest BCUT2D eigenvalue weighted by molar-refractivity contribution is 0.0954. The van der Waals surface area contributed by atoms with E-state index in [1.807, 2.05) is 12.1 Å². The molecule has 0 aliphatic rings. The van der Waals surface area contributed by atoms with Crippen molar-refractivity contribution < 1.29 is 13.2 Å². The molecule has 7 heteroatoms. The maximum atomic E-state index is 12.3. The summed E-state index contributed by atoms with van der Waals surface area (Å²) in [5.41, 5.74) is 2.79. The zero-order valence-corrected chi connectivity index (χ0v) is 17.1. The van der Waals surface area contributed by atoms with E-state index in [0.717, 1.165) is 16.5 Å². The Balaban J connectivity index is 1.97. The zero-order valence-electron chi connectivity index (χ0n) is 16.3. The normalized spacial score (nSPS) is 11.4. The molecule has 0 aliphatic carbocycles. The summed E-state index contributed by atoms with van der Waals surface area (Å²) >= 11 is 0. The average molecular weight is 390 g/mol. The molecule has 0 saturated heterocycles. The van der Waals surface area contributed by atoms with Crippen LogP contribution in [0, 0.1) is 6.92 Å². The molecule has 0 bridgehead atoms. The molecule has 2 rings (SSSR count). The van der Waals surface area contributed by atoms with E-state index in [0.29, 0.717) is 18.7 Å². The highest BCUT2D eigenvalue weighted by atomic mass is 32.2. The van der Waals surface area contributed by atoms with Crippen molar-refractivity contribution in [2.24, 2.45) is 0 Å². The smallest absolute Gasteiger partial charge is 0.251 e. The van der Waals surface area contributed by atoms with Crippen molar-refractivity contribution in [1.82, 2.24) is 9.62 Å². The van der Waals surface area contributed by atoms with Gasteiger partial charge in [-0.3, -0.25) is 4.79 Å². The van der Waals surface area contributed by atoms with Crippen molar-refractivity contribution in [2.45, 2.75) is 18.7 Å². The minimum absolute atomic E-state index is 0.167. The predicted molar refractivity (Wildman–Crippen MR) is 109 cm³/mol. The number of para-hydroxylation sites is 1. The van der Waals surface area contributed by atoms with E-state index < -0.39 is 10.0 Å². The van der Waals surface area contributed by atoms with Crippen LogP contribution in [0.15, 0.2) is 53.4 Å². The van der Waals surface area contributed by atoms with Crippen LogP contribution in [0.25, 0.3) is 0 Å². The molecule has 2 aromatic rings. The first-order chi connectivity index (χ1) is 12.8. The fraction of sp³-hybridized carbons (Fsp3) is 0.350. The van der Waals surface area contributed by atoms with E-state index in [1.165, 1.54) is 43.9 Å². The molecule has 0 radical (unpaired) electrons. The summed E-state index contributed by atoms with van der Waals surface area (Å²) in [6.45, 7) is 6.19. The SMILES string of the molecule is CCN(CCNC(=O)c1ccc(S(=O)(=O)N(C)C)cc1)c1ccccc1C. The van der Waals surface area contributed by atoms with Gasteiger partial charge in [0.05, 0.1) is 4.90 Å². The third-order valence-corrected chi connectivity index (χ3v) is 6.23. The molecule has 0 spiro atoms. The largest absolute Gasteiger partial charge is 0.370 e. The van der Waals surface area contributed by atoms with Crippen molar-refractivity contribution >= 4 is 21.6 Å². The maximum absolute atomic E-state index is 12.3. The summed E-state index contributed by atoms with van der Waals surface area (Å²) in [6, 6.07) is 14.1. The van der Waals surface area contributed by atoms with Crippen molar-refractivity contribution in [1.29, 1.82) is 0 Å². The predicted octanol–water partition coefficient (Wildman–Crippen LogP) is 2.50. The number of benzene rings is 2. The Morgan fingerprint density at radius 2 is 1.67 bits per heavy atom. The quantitative estimate of drug-likeness (QED) is 0.753. The average Bonchev–Trinajstić information content (AvgIpc) is 2.66. The van der Waals surface area contributed by atoms with Gasteiger partial charge in [0.1, 0.15) is 0 Å². The molecule has 1 N–H and O–H groups in total. The van der Waals surface area contributed by atoms with Crippen LogP contribution < -0.4 is 10.2 Å². The second-order valence-electron chi connectivity index (χ2n) is 6.43. The molecule has 0 atom stereocenters. The zero-order chi connectivity index (χ0) is 20.0. The van der Waals surface area contributed by atoms with Gasteiger partial charge in [-0.2, -0.15) is 0 Å². The minimum Gasteiger partial charge on any atom is -0.370 e. The number of anilines is 1. The van der Waals surface area contributed by atoms with Crippen molar-refractivity contribution in [3.05, 3.63) is 59.7 Å². The van der Waals surface area contributed by atoms with E-state index in [1.54, 1.807) is 0 Å². The van der Waals surface area contributed by atoms with E-state index >= 15 is 0 Å². The lowest BCUT2D eigenvalue weighted by Crippen LogP contribution is -2.35. The molecule has 0 saturated carbocycles. The number of aryl methyl sites for hydroxylation is 1. The number of hydrogen-bond donors (Lipinski definition) is 1. The second kappa shape index (κ2) is 9.01. The van der Waals surface area contributed by atoms with Crippen LogP contribution in [0.4, 0.5) is 5.69 Å². The van der Waals surface area contributed by atoms with Crippen molar-refractivity contribution in [3.8, 4) is 0 Å². The molecule has 0 unspecified atom stereocenters. The first kappa shape index (κ1) is 20.9. The van der Waals surface area contributed by atoms with Gasteiger partial charge in [-0.1, -0.05) is 18.2 Å². The van der Waals surface area contributed by atoms with Gasteiger partial charge in [-0.05, 0) is 49.7 Å². The lowest BCUT2D eigenvalue weighted by atomic mass is 10.2. The Morgan fingerprint density at radius 1 is 1.04 bits per heavy atom. The minimum atomic E-state index is -3.49. The summed E-state index contributed by atoms with van der Waals surface area (Å²) in [6.07, 6.45) is 0. The van der Waals surface area contributed by atoms with Crippen molar-refractivity contribution in [3.63, 3.8) is 0 Å². The Morgan fingerprint density at radius 3 is 2.22 bits per heavy atom. The van der Waals surface area contributed by atoms with Gasteiger partial charge in [0.2, 0.25) is 10.0 Å². The number of nitrogens with zero attached hydrogens (tertiary/aromatic N) is 2. The molecule has 146 valence electrons. The van der Waals surface area contributed by atoms with Gasteiger partial charge in [0.15, 0.2) is 0 Å². The summed E-state index contributed by atoms with van der Waals surface area (Å²) < 4.78 is 25.3. The highest BCUT2D eigenvalue weighted by Crippen LogP contribution is 2.18. The van der Waals surface area contributed by atoms with E-state index in [2.05, 4.69) is 36.2 Å². The molecule has 0 fully saturated rings. The molecule has 27 heavy (non-hydrogen) atoms. The number of sulfonamides is 1. The van der Waals surface area contributed by atoms with Crippen LogP contribution in [0.2, 0.25) is 0 Å². The third kappa shape index (κ3) is 5.08. The Kier molecular flexibility index (Phi) is 6.98. The van der Waals surface area contributed by atoms with E-state index in [9.17, 15) is 13.2 Å². The van der Waals surface area contributed by atoms with Crippen LogP contribution >= 0.6 is 0 Å². The molecule has 0 aromatic heterocycles. The summed E-state index contributed by atoms with van der Waals surface area (Å²) in [7, 11) is -0.539. The van der Waals surface area contributed by atoms with Crippen molar-refractivity contribution in [2.75, 3.05) is 38.6 Å². The van der Waals surface area contributed by atoms with Crippen LogP contribution in [-0.4, -0.2) is 52.4 Å². The Labute approximate surface area is 161 Å². The Hall–Kier alpha value is -2.38. The molecule has 1 amide bonds. The molecular formula is C20H27N3O3S. The number of amides is 1.